The minimum absolute atomic E-state index is 0.149. The van der Waals surface area contributed by atoms with Gasteiger partial charge in [-0.2, -0.15) is 13.2 Å². The minimum atomic E-state index is -4.60. The van der Waals surface area contributed by atoms with Gasteiger partial charge in [-0.25, -0.2) is 0 Å². The molecule has 35 heavy (non-hydrogen) atoms. The first-order chi connectivity index (χ1) is 16.6. The van der Waals surface area contributed by atoms with E-state index in [0.29, 0.717) is 56.6 Å². The lowest BCUT2D eigenvalue weighted by Gasteiger charge is -2.36. The van der Waals surface area contributed by atoms with Gasteiger partial charge in [0.15, 0.2) is 11.7 Å². The maximum absolute atomic E-state index is 13.0. The molecule has 0 spiro atoms. The summed E-state index contributed by atoms with van der Waals surface area (Å²) in [6.07, 6.45) is -1.48. The Bertz CT molecular complexity index is 1020. The summed E-state index contributed by atoms with van der Waals surface area (Å²) in [6, 6.07) is 5.76. The second-order valence-electron chi connectivity index (χ2n) is 8.81. The fourth-order valence-electron chi connectivity index (χ4n) is 3.49. The number of halogens is 3. The standard InChI is InChI=1S/C24H32F3N5O3/c1-16-9-12-29-21-20(28-10-5-6-11-30-22(33)23(2,3)24(25,26)27)31-18-15-17(35-14-13-34-4)7-8-19(18)32(16)21/h7-9,15H,5-6,10-14H2,1-4H3,(H,28,31)(H,30,33). The molecule has 1 amide bonds. The molecule has 0 unspecified atom stereocenters. The predicted molar refractivity (Wildman–Crippen MR) is 130 cm³/mol. The van der Waals surface area contributed by atoms with E-state index in [1.807, 2.05) is 36.1 Å². The van der Waals surface area contributed by atoms with Gasteiger partial charge in [0.2, 0.25) is 5.91 Å². The first kappa shape index (κ1) is 26.5. The van der Waals surface area contributed by atoms with Crippen molar-refractivity contribution in [2.45, 2.75) is 39.8 Å². The summed E-state index contributed by atoms with van der Waals surface area (Å²) in [5.74, 6) is 0.996. The van der Waals surface area contributed by atoms with Crippen molar-refractivity contribution in [1.82, 2.24) is 5.32 Å². The van der Waals surface area contributed by atoms with Crippen LogP contribution in [0.1, 0.15) is 33.6 Å². The van der Waals surface area contributed by atoms with Crippen LogP contribution in [0.3, 0.4) is 0 Å². The van der Waals surface area contributed by atoms with E-state index in [-0.39, 0.29) is 6.54 Å². The van der Waals surface area contributed by atoms with E-state index in [1.165, 1.54) is 0 Å². The lowest BCUT2D eigenvalue weighted by atomic mass is 9.91. The van der Waals surface area contributed by atoms with E-state index < -0.39 is 17.5 Å². The van der Waals surface area contributed by atoms with Crippen LogP contribution in [0.4, 0.5) is 24.5 Å². The van der Waals surface area contributed by atoms with Gasteiger partial charge in [-0.1, -0.05) is 0 Å². The van der Waals surface area contributed by atoms with Crippen molar-refractivity contribution in [1.29, 1.82) is 0 Å². The third-order valence-electron chi connectivity index (χ3n) is 5.84. The van der Waals surface area contributed by atoms with Gasteiger partial charge >= 0.3 is 6.18 Å². The van der Waals surface area contributed by atoms with Gasteiger partial charge in [-0.3, -0.25) is 19.7 Å². The Kier molecular flexibility index (Phi) is 8.42. The molecule has 2 N–H and O–H groups in total. The van der Waals surface area contributed by atoms with Crippen LogP contribution in [0.5, 0.6) is 5.75 Å². The highest BCUT2D eigenvalue weighted by atomic mass is 19.4. The van der Waals surface area contributed by atoms with Crippen molar-refractivity contribution in [2.75, 3.05) is 50.2 Å². The van der Waals surface area contributed by atoms with E-state index >= 15 is 0 Å². The molecular weight excluding hydrogens is 463 g/mol. The fraction of sp³-hybridized carbons (Fsp3) is 0.542. The number of hydrogen-bond acceptors (Lipinski definition) is 6. The van der Waals surface area contributed by atoms with Crippen LogP contribution in [0.15, 0.2) is 40.0 Å². The molecule has 0 saturated heterocycles. The number of nitrogens with one attached hydrogen (secondary N) is 2. The maximum atomic E-state index is 13.0. The Hall–Kier alpha value is -3.08. The zero-order chi connectivity index (χ0) is 25.6. The molecule has 0 saturated carbocycles. The van der Waals surface area contributed by atoms with Crippen molar-refractivity contribution < 1.29 is 27.4 Å². The average Bonchev–Trinajstić information content (AvgIpc) is 2.80. The molecule has 3 rings (SSSR count). The van der Waals surface area contributed by atoms with Crippen molar-refractivity contribution in [2.24, 2.45) is 15.4 Å². The minimum Gasteiger partial charge on any atom is -0.491 e. The molecule has 0 radical (unpaired) electrons. The topological polar surface area (TPSA) is 87.5 Å². The Balaban J connectivity index is 1.62. The number of amides is 1. The molecule has 2 aliphatic rings. The number of unbranched alkanes of at least 4 members (excludes halogenated alkanes) is 1. The van der Waals surface area contributed by atoms with Gasteiger partial charge in [0, 0.05) is 32.0 Å². The van der Waals surface area contributed by atoms with Crippen molar-refractivity contribution in [3.8, 4) is 5.75 Å². The number of alkyl halides is 3. The van der Waals surface area contributed by atoms with E-state index in [1.54, 1.807) is 7.11 Å². The first-order valence-corrected chi connectivity index (χ1v) is 11.5. The smallest absolute Gasteiger partial charge is 0.402 e. The number of anilines is 2. The number of carbonyl (C=O) groups excluding carboxylic acids is 1. The summed E-state index contributed by atoms with van der Waals surface area (Å²) in [5.41, 5.74) is 0.375. The van der Waals surface area contributed by atoms with Crippen LogP contribution >= 0.6 is 0 Å². The quantitative estimate of drug-likeness (QED) is 0.477. The number of hydrogen-bond donors (Lipinski definition) is 2. The Morgan fingerprint density at radius 1 is 1.26 bits per heavy atom. The third-order valence-corrected chi connectivity index (χ3v) is 5.84. The summed E-state index contributed by atoms with van der Waals surface area (Å²) in [5, 5.41) is 5.71. The molecule has 192 valence electrons. The summed E-state index contributed by atoms with van der Waals surface area (Å²) < 4.78 is 49.7. The first-order valence-electron chi connectivity index (χ1n) is 11.5. The number of ether oxygens (including phenoxy) is 2. The number of nitrogens with zero attached hydrogens (tertiary/aromatic N) is 3. The van der Waals surface area contributed by atoms with Crippen LogP contribution in [-0.2, 0) is 9.53 Å². The Morgan fingerprint density at radius 3 is 2.74 bits per heavy atom. The van der Waals surface area contributed by atoms with E-state index in [0.717, 1.165) is 30.9 Å². The van der Waals surface area contributed by atoms with Crippen LogP contribution in [0, 0.1) is 5.41 Å². The molecule has 2 heterocycles. The number of aliphatic imine (C=N–C) groups is 2. The van der Waals surface area contributed by atoms with Gasteiger partial charge in [-0.15, -0.1) is 0 Å². The molecule has 2 aliphatic heterocycles. The monoisotopic (exact) mass is 495 g/mol. The molecule has 8 nitrogen and oxygen atoms in total. The van der Waals surface area contributed by atoms with Crippen molar-refractivity contribution >= 4 is 29.0 Å². The van der Waals surface area contributed by atoms with Crippen molar-refractivity contribution in [3.63, 3.8) is 0 Å². The van der Waals surface area contributed by atoms with Crippen LogP contribution in [-0.4, -0.2) is 63.7 Å². The summed E-state index contributed by atoms with van der Waals surface area (Å²) in [6.45, 7) is 5.80. The summed E-state index contributed by atoms with van der Waals surface area (Å²) in [7, 11) is 1.62. The van der Waals surface area contributed by atoms with Gasteiger partial charge in [0.25, 0.3) is 0 Å². The number of methoxy groups -OCH3 is 1. The number of rotatable bonds is 10. The Labute approximate surface area is 203 Å². The SMILES string of the molecule is COCCOc1ccc2c(c1)NC(=NCCCCNC(=O)C(C)(C)C(F)(F)F)C1=NCC=C(C)N12. The highest BCUT2D eigenvalue weighted by molar-refractivity contribution is 6.52. The molecule has 0 aromatic heterocycles. The molecule has 1 aromatic carbocycles. The largest absolute Gasteiger partial charge is 0.491 e. The maximum Gasteiger partial charge on any atom is 0.402 e. The number of fused-ring (bicyclic) bond motifs is 3. The molecular formula is C24H32F3N5O3. The number of allylic oxidation sites excluding steroid dienone is 1. The van der Waals surface area contributed by atoms with Crippen LogP contribution in [0.2, 0.25) is 0 Å². The second-order valence-corrected chi connectivity index (χ2v) is 8.81. The van der Waals surface area contributed by atoms with Crippen molar-refractivity contribution in [3.05, 3.63) is 30.0 Å². The number of amidine groups is 2. The second kappa shape index (κ2) is 11.1. The molecule has 1 aromatic rings. The molecule has 0 fully saturated rings. The predicted octanol–water partition coefficient (Wildman–Crippen LogP) is 4.14. The van der Waals surface area contributed by atoms with Gasteiger partial charge in [-0.05, 0) is 51.8 Å². The molecule has 0 bridgehead atoms. The van der Waals surface area contributed by atoms with E-state index in [9.17, 15) is 18.0 Å². The summed E-state index contributed by atoms with van der Waals surface area (Å²) in [4.78, 5) is 23.2. The number of carbonyl (C=O) groups is 1. The van der Waals surface area contributed by atoms with Gasteiger partial charge in [0.1, 0.15) is 17.8 Å². The third kappa shape index (κ3) is 6.14. The zero-order valence-electron chi connectivity index (χ0n) is 20.5. The highest BCUT2D eigenvalue weighted by Crippen LogP contribution is 2.38. The average molecular weight is 496 g/mol. The molecule has 11 heteroatoms. The lowest BCUT2D eigenvalue weighted by Crippen LogP contribution is -2.46. The van der Waals surface area contributed by atoms with Gasteiger partial charge < -0.3 is 20.1 Å². The molecule has 0 atom stereocenters. The Morgan fingerprint density at radius 2 is 2.03 bits per heavy atom. The van der Waals surface area contributed by atoms with Crippen LogP contribution < -0.4 is 20.3 Å². The van der Waals surface area contributed by atoms with Gasteiger partial charge in [0.05, 0.1) is 24.5 Å². The van der Waals surface area contributed by atoms with E-state index in [4.69, 9.17) is 9.47 Å². The highest BCUT2D eigenvalue weighted by Gasteiger charge is 2.52. The number of benzene rings is 1. The normalized spacial score (nSPS) is 16.7. The fourth-order valence-corrected chi connectivity index (χ4v) is 3.49. The van der Waals surface area contributed by atoms with E-state index in [2.05, 4.69) is 20.6 Å². The molecule has 0 aliphatic carbocycles. The van der Waals surface area contributed by atoms with Crippen LogP contribution in [0.25, 0.3) is 0 Å². The zero-order valence-corrected chi connectivity index (χ0v) is 20.5. The summed E-state index contributed by atoms with van der Waals surface area (Å²) >= 11 is 0. The lowest BCUT2D eigenvalue weighted by molar-refractivity contribution is -0.211.